The molecule has 150 valence electrons. The van der Waals surface area contributed by atoms with Gasteiger partial charge in [0.05, 0.1) is 19.6 Å². The van der Waals surface area contributed by atoms with Gasteiger partial charge in [-0.15, -0.1) is 0 Å². The third-order valence-electron chi connectivity index (χ3n) is 3.50. The highest BCUT2D eigenvalue weighted by atomic mass is 127. The Hall–Kier alpha value is -1.60. The van der Waals surface area contributed by atoms with Gasteiger partial charge in [-0.05, 0) is 87.9 Å². The third-order valence-corrected chi connectivity index (χ3v) is 5.77. The van der Waals surface area contributed by atoms with Crippen molar-refractivity contribution in [1.82, 2.24) is 4.90 Å². The van der Waals surface area contributed by atoms with Gasteiger partial charge in [0.2, 0.25) is 0 Å². The molecule has 0 unspecified atom stereocenters. The summed E-state index contributed by atoms with van der Waals surface area (Å²) >= 11 is 6.03. The van der Waals surface area contributed by atoms with Gasteiger partial charge in [-0.3, -0.25) is 14.5 Å². The van der Waals surface area contributed by atoms with E-state index in [0.29, 0.717) is 19.4 Å². The van der Waals surface area contributed by atoms with Crippen LogP contribution in [0, 0.1) is 3.57 Å². The average Bonchev–Trinajstić information content (AvgIpc) is 2.87. The highest BCUT2D eigenvalue weighted by Crippen LogP contribution is 2.36. The fraction of sp³-hybridized carbons (Fsp3) is 0.294. The van der Waals surface area contributed by atoms with Crippen LogP contribution in [0.2, 0.25) is 0 Å². The van der Waals surface area contributed by atoms with Crippen molar-refractivity contribution in [2.45, 2.75) is 19.9 Å². The van der Waals surface area contributed by atoms with E-state index in [1.165, 1.54) is 13.0 Å². The van der Waals surface area contributed by atoms with Crippen molar-refractivity contribution in [2.24, 2.45) is 0 Å². The van der Waals surface area contributed by atoms with Gasteiger partial charge >= 0.3 is 11.9 Å². The molecule has 1 heterocycles. The first-order valence-electron chi connectivity index (χ1n) is 7.93. The summed E-state index contributed by atoms with van der Waals surface area (Å²) in [5, 5.41) is 8.19. The summed E-state index contributed by atoms with van der Waals surface area (Å²) < 4.78 is 11.2. The number of carboxylic acid groups (broad SMARTS) is 1. The molecule has 0 bridgehead atoms. The van der Waals surface area contributed by atoms with Crippen molar-refractivity contribution < 1.29 is 33.8 Å². The summed E-state index contributed by atoms with van der Waals surface area (Å²) in [4.78, 5) is 48.4. The van der Waals surface area contributed by atoms with E-state index in [4.69, 9.17) is 14.6 Å². The van der Waals surface area contributed by atoms with Crippen LogP contribution in [0.1, 0.15) is 19.4 Å². The smallest absolute Gasteiger partial charge is 0.341 e. The number of carbonyl (C=O) groups excluding carboxylic acids is 3. The predicted molar refractivity (Wildman–Crippen MR) is 114 cm³/mol. The van der Waals surface area contributed by atoms with E-state index in [1.54, 1.807) is 19.1 Å². The van der Waals surface area contributed by atoms with Gasteiger partial charge in [0.25, 0.3) is 11.1 Å². The second-order valence-electron chi connectivity index (χ2n) is 5.48. The summed E-state index contributed by atoms with van der Waals surface area (Å²) in [6, 6.07) is 2.31. The van der Waals surface area contributed by atoms with Crippen molar-refractivity contribution in [2.75, 3.05) is 13.2 Å². The molecule has 11 heteroatoms. The first-order valence-corrected chi connectivity index (χ1v) is 10.6. The Kier molecular flexibility index (Phi) is 7.89. The Morgan fingerprint density at radius 2 is 2.07 bits per heavy atom. The van der Waals surface area contributed by atoms with E-state index >= 15 is 0 Å². The lowest BCUT2D eigenvalue weighted by molar-refractivity contribution is -0.150. The Labute approximate surface area is 186 Å². The van der Waals surface area contributed by atoms with Crippen molar-refractivity contribution >= 4 is 79.4 Å². The first-order chi connectivity index (χ1) is 13.1. The van der Waals surface area contributed by atoms with Gasteiger partial charge in [-0.1, -0.05) is 0 Å². The molecule has 8 nitrogen and oxygen atoms in total. The Bertz CT molecular complexity index is 850. The standard InChI is InChI=1S/C17H15BrINO7S/c1-3-26-16(24)8(2)20-15(23)12(28-17(20)25)6-9-4-10(18)14(11(19)5-9)27-7-13(21)22/h4-6,8H,3,7H2,1-2H3,(H,21,22)/b12-6+/t8-/m0/s1. The van der Waals surface area contributed by atoms with Crippen molar-refractivity contribution in [1.29, 1.82) is 0 Å². The number of hydrogen-bond donors (Lipinski definition) is 1. The minimum atomic E-state index is -1.10. The molecule has 1 aliphatic rings. The molecule has 1 aliphatic heterocycles. The molecule has 0 spiro atoms. The van der Waals surface area contributed by atoms with Gasteiger partial charge in [0.1, 0.15) is 11.8 Å². The number of amides is 2. The number of nitrogens with zero attached hydrogens (tertiary/aromatic N) is 1. The summed E-state index contributed by atoms with van der Waals surface area (Å²) in [5.74, 6) is -1.96. The number of aliphatic carboxylic acids is 1. The van der Waals surface area contributed by atoms with Crippen LogP contribution < -0.4 is 4.74 Å². The molecule has 0 aromatic heterocycles. The largest absolute Gasteiger partial charge is 0.480 e. The Balaban J connectivity index is 2.26. The molecule has 1 aromatic rings. The monoisotopic (exact) mass is 583 g/mol. The molecule has 28 heavy (non-hydrogen) atoms. The lowest BCUT2D eigenvalue weighted by Crippen LogP contribution is -2.42. The number of benzene rings is 1. The summed E-state index contributed by atoms with van der Waals surface area (Å²) in [7, 11) is 0. The SMILES string of the molecule is CCOC(=O)[C@H](C)N1C(=O)S/C(=C/c2cc(Br)c(OCC(=O)O)c(I)c2)C1=O. The zero-order valence-corrected chi connectivity index (χ0v) is 19.3. The maximum Gasteiger partial charge on any atom is 0.341 e. The van der Waals surface area contributed by atoms with Gasteiger partial charge in [0.15, 0.2) is 6.61 Å². The fourth-order valence-electron chi connectivity index (χ4n) is 2.27. The van der Waals surface area contributed by atoms with E-state index in [9.17, 15) is 19.2 Å². The van der Waals surface area contributed by atoms with Crippen LogP contribution >= 0.6 is 50.3 Å². The van der Waals surface area contributed by atoms with Crippen LogP contribution in [0.15, 0.2) is 21.5 Å². The van der Waals surface area contributed by atoms with Gasteiger partial charge in [0, 0.05) is 0 Å². The maximum absolute atomic E-state index is 12.6. The van der Waals surface area contributed by atoms with Crippen LogP contribution in [-0.2, 0) is 19.1 Å². The minimum absolute atomic E-state index is 0.151. The predicted octanol–water partition coefficient (Wildman–Crippen LogP) is 3.51. The zero-order chi connectivity index (χ0) is 21.0. The molecule has 1 fully saturated rings. The van der Waals surface area contributed by atoms with Crippen LogP contribution in [-0.4, -0.2) is 52.3 Å². The third kappa shape index (κ3) is 5.26. The number of imide groups is 1. The fourth-order valence-corrected chi connectivity index (χ4v) is 4.94. The first kappa shape index (κ1) is 22.7. The van der Waals surface area contributed by atoms with Crippen LogP contribution in [0.3, 0.4) is 0 Å². The molecular weight excluding hydrogens is 569 g/mol. The van der Waals surface area contributed by atoms with Crippen LogP contribution in [0.4, 0.5) is 4.79 Å². The molecule has 1 aromatic carbocycles. The Morgan fingerprint density at radius 3 is 2.64 bits per heavy atom. The van der Waals surface area contributed by atoms with Crippen LogP contribution in [0.25, 0.3) is 6.08 Å². The van der Waals surface area contributed by atoms with Crippen molar-refractivity contribution in [3.63, 3.8) is 0 Å². The minimum Gasteiger partial charge on any atom is -0.480 e. The molecule has 1 saturated heterocycles. The van der Waals surface area contributed by atoms with Crippen LogP contribution in [0.5, 0.6) is 5.75 Å². The van der Waals surface area contributed by atoms with Gasteiger partial charge in [-0.25, -0.2) is 9.59 Å². The number of esters is 1. The lowest BCUT2D eigenvalue weighted by Gasteiger charge is -2.19. The second-order valence-corrected chi connectivity index (χ2v) is 8.49. The number of carbonyl (C=O) groups is 4. The quantitative estimate of drug-likeness (QED) is 0.295. The summed E-state index contributed by atoms with van der Waals surface area (Å²) in [6.07, 6.45) is 1.52. The number of carboxylic acids is 1. The number of thioether (sulfide) groups is 1. The highest BCUT2D eigenvalue weighted by molar-refractivity contribution is 14.1. The second kappa shape index (κ2) is 9.74. The molecule has 1 N–H and O–H groups in total. The number of hydrogen-bond acceptors (Lipinski definition) is 7. The molecule has 2 amide bonds. The van der Waals surface area contributed by atoms with Gasteiger partial charge < -0.3 is 14.6 Å². The highest BCUT2D eigenvalue weighted by Gasteiger charge is 2.41. The Morgan fingerprint density at radius 1 is 1.39 bits per heavy atom. The number of rotatable bonds is 7. The zero-order valence-electron chi connectivity index (χ0n) is 14.7. The molecule has 0 radical (unpaired) electrons. The van der Waals surface area contributed by atoms with Gasteiger partial charge in [-0.2, -0.15) is 0 Å². The molecule has 0 aliphatic carbocycles. The van der Waals surface area contributed by atoms with E-state index in [0.717, 1.165) is 16.7 Å². The van der Waals surface area contributed by atoms with Crippen molar-refractivity contribution in [3.05, 3.63) is 30.6 Å². The summed E-state index contributed by atoms with van der Waals surface area (Å²) in [5.41, 5.74) is 0.605. The normalized spacial score (nSPS) is 16.4. The molecule has 1 atom stereocenters. The van der Waals surface area contributed by atoms with Crippen molar-refractivity contribution in [3.8, 4) is 5.75 Å². The number of ether oxygens (including phenoxy) is 2. The van der Waals surface area contributed by atoms with E-state index < -0.39 is 35.7 Å². The molecule has 0 saturated carbocycles. The average molecular weight is 584 g/mol. The lowest BCUT2D eigenvalue weighted by atomic mass is 10.2. The summed E-state index contributed by atoms with van der Waals surface area (Å²) in [6.45, 7) is 2.74. The number of halogens is 2. The molecular formula is C17H15BrINO7S. The topological polar surface area (TPSA) is 110 Å². The maximum atomic E-state index is 12.6. The van der Waals surface area contributed by atoms with E-state index in [2.05, 4.69) is 15.9 Å². The van der Waals surface area contributed by atoms with E-state index in [-0.39, 0.29) is 11.5 Å². The molecule has 2 rings (SSSR count). The van der Waals surface area contributed by atoms with E-state index in [1.807, 2.05) is 22.6 Å².